The van der Waals surface area contributed by atoms with Gasteiger partial charge >= 0.3 is 0 Å². The molecule has 0 aliphatic rings. The molecule has 2 heterocycles. The molecular weight excluding hydrogens is 302 g/mol. The van der Waals surface area contributed by atoms with Gasteiger partial charge in [0.15, 0.2) is 0 Å². The number of hydrogen-bond acceptors (Lipinski definition) is 4. The molecule has 0 spiro atoms. The minimum absolute atomic E-state index is 0.0937. The number of aryl methyl sites for hydroxylation is 1. The van der Waals surface area contributed by atoms with Crippen LogP contribution in [0.3, 0.4) is 0 Å². The summed E-state index contributed by atoms with van der Waals surface area (Å²) >= 11 is 0. The van der Waals surface area contributed by atoms with Crippen molar-refractivity contribution in [1.29, 1.82) is 0 Å². The third kappa shape index (κ3) is 3.63. The fraction of sp³-hybridized carbons (Fsp3) is 0.263. The molecule has 2 aromatic heterocycles. The SMILES string of the molecule is Cc1ccc2nc(CN(C[C@@H](C)O)c3ccccc3)cc(=O)n2c1. The summed E-state index contributed by atoms with van der Waals surface area (Å²) < 4.78 is 1.56. The van der Waals surface area contributed by atoms with Crippen LogP contribution in [0.1, 0.15) is 18.2 Å². The largest absolute Gasteiger partial charge is 0.392 e. The van der Waals surface area contributed by atoms with Crippen molar-refractivity contribution < 1.29 is 5.11 Å². The summed E-state index contributed by atoms with van der Waals surface area (Å²) in [5.41, 5.74) is 3.23. The Balaban J connectivity index is 1.96. The third-order valence-corrected chi connectivity index (χ3v) is 3.82. The van der Waals surface area contributed by atoms with Crippen molar-refractivity contribution in [1.82, 2.24) is 9.38 Å². The van der Waals surface area contributed by atoms with Crippen LogP contribution in [0.25, 0.3) is 5.65 Å². The fourth-order valence-corrected chi connectivity index (χ4v) is 2.75. The number of rotatable bonds is 5. The number of aliphatic hydroxyl groups is 1. The lowest BCUT2D eigenvalue weighted by Crippen LogP contribution is -2.31. The van der Waals surface area contributed by atoms with Crippen LogP contribution in [0.4, 0.5) is 5.69 Å². The number of nitrogens with zero attached hydrogens (tertiary/aromatic N) is 3. The third-order valence-electron chi connectivity index (χ3n) is 3.82. The molecule has 0 aliphatic heterocycles. The standard InChI is InChI=1S/C19H21N3O2/c1-14-8-9-18-20-16(10-19(24)22(18)11-14)13-21(12-15(2)23)17-6-4-3-5-7-17/h3-11,15,23H,12-13H2,1-2H3/t15-/m1/s1. The first-order valence-corrected chi connectivity index (χ1v) is 8.00. The molecule has 3 rings (SSSR count). The van der Waals surface area contributed by atoms with Crippen molar-refractivity contribution in [2.45, 2.75) is 26.5 Å². The van der Waals surface area contributed by atoms with E-state index in [4.69, 9.17) is 0 Å². The zero-order valence-electron chi connectivity index (χ0n) is 13.9. The number of fused-ring (bicyclic) bond motifs is 1. The van der Waals surface area contributed by atoms with Crippen molar-refractivity contribution in [2.24, 2.45) is 0 Å². The number of benzene rings is 1. The number of anilines is 1. The van der Waals surface area contributed by atoms with Gasteiger partial charge in [0.2, 0.25) is 0 Å². The average Bonchev–Trinajstić information content (AvgIpc) is 2.55. The molecule has 0 saturated carbocycles. The van der Waals surface area contributed by atoms with Crippen LogP contribution >= 0.6 is 0 Å². The van der Waals surface area contributed by atoms with Gasteiger partial charge in [-0.2, -0.15) is 0 Å². The Morgan fingerprint density at radius 1 is 1.21 bits per heavy atom. The summed E-state index contributed by atoms with van der Waals surface area (Å²) in [7, 11) is 0. The van der Waals surface area contributed by atoms with Crippen LogP contribution in [0.2, 0.25) is 0 Å². The average molecular weight is 323 g/mol. The molecule has 0 amide bonds. The Labute approximate surface area is 140 Å². The van der Waals surface area contributed by atoms with Crippen molar-refractivity contribution in [3.05, 3.63) is 76.3 Å². The maximum absolute atomic E-state index is 12.3. The quantitative estimate of drug-likeness (QED) is 0.783. The molecule has 0 bridgehead atoms. The van der Waals surface area contributed by atoms with E-state index in [1.54, 1.807) is 23.6 Å². The van der Waals surface area contributed by atoms with E-state index in [0.29, 0.717) is 24.4 Å². The molecule has 0 fully saturated rings. The van der Waals surface area contributed by atoms with Gasteiger partial charge in [0.05, 0.1) is 18.3 Å². The zero-order valence-corrected chi connectivity index (χ0v) is 13.9. The lowest BCUT2D eigenvalue weighted by atomic mass is 10.2. The molecule has 0 unspecified atom stereocenters. The van der Waals surface area contributed by atoms with Crippen molar-refractivity contribution in [3.8, 4) is 0 Å². The topological polar surface area (TPSA) is 57.8 Å². The maximum atomic E-state index is 12.3. The molecule has 1 N–H and O–H groups in total. The van der Waals surface area contributed by atoms with Crippen LogP contribution in [0.5, 0.6) is 0 Å². The highest BCUT2D eigenvalue weighted by molar-refractivity contribution is 5.47. The molecule has 1 aromatic carbocycles. The first kappa shape index (κ1) is 16.2. The maximum Gasteiger partial charge on any atom is 0.258 e. The van der Waals surface area contributed by atoms with Crippen LogP contribution < -0.4 is 10.5 Å². The van der Waals surface area contributed by atoms with Gasteiger partial charge in [0.25, 0.3) is 5.56 Å². The van der Waals surface area contributed by atoms with Crippen molar-refractivity contribution >= 4 is 11.3 Å². The van der Waals surface area contributed by atoms with Crippen LogP contribution in [-0.2, 0) is 6.54 Å². The molecule has 5 heteroatoms. The predicted octanol–water partition coefficient (Wildman–Crippen LogP) is 2.39. The Kier molecular flexibility index (Phi) is 4.62. The van der Waals surface area contributed by atoms with E-state index >= 15 is 0 Å². The summed E-state index contributed by atoms with van der Waals surface area (Å²) in [5, 5.41) is 9.79. The number of para-hydroxylation sites is 1. The second-order valence-electron chi connectivity index (χ2n) is 6.09. The first-order chi connectivity index (χ1) is 11.5. The normalized spacial score (nSPS) is 12.3. The highest BCUT2D eigenvalue weighted by atomic mass is 16.3. The first-order valence-electron chi connectivity index (χ1n) is 8.00. The van der Waals surface area contributed by atoms with E-state index in [1.807, 2.05) is 54.3 Å². The Bertz CT molecular complexity index is 888. The van der Waals surface area contributed by atoms with Gasteiger partial charge in [-0.05, 0) is 37.6 Å². The van der Waals surface area contributed by atoms with Gasteiger partial charge in [-0.1, -0.05) is 24.3 Å². The van der Waals surface area contributed by atoms with Gasteiger partial charge in [0.1, 0.15) is 5.65 Å². The van der Waals surface area contributed by atoms with Gasteiger partial charge in [-0.15, -0.1) is 0 Å². The number of aliphatic hydroxyl groups excluding tert-OH is 1. The number of aromatic nitrogens is 2. The summed E-state index contributed by atoms with van der Waals surface area (Å²) in [6.45, 7) is 4.63. The van der Waals surface area contributed by atoms with E-state index in [2.05, 4.69) is 4.98 Å². The predicted molar refractivity (Wildman–Crippen MR) is 95.4 cm³/mol. The van der Waals surface area contributed by atoms with Gasteiger partial charge in [-0.3, -0.25) is 9.20 Å². The van der Waals surface area contributed by atoms with Crippen molar-refractivity contribution in [2.75, 3.05) is 11.4 Å². The van der Waals surface area contributed by atoms with E-state index in [9.17, 15) is 9.90 Å². The van der Waals surface area contributed by atoms with Gasteiger partial charge in [-0.25, -0.2) is 4.98 Å². The number of hydrogen-bond donors (Lipinski definition) is 1. The van der Waals surface area contributed by atoms with E-state index in [-0.39, 0.29) is 5.56 Å². The number of pyridine rings is 1. The van der Waals surface area contributed by atoms with Gasteiger partial charge in [0, 0.05) is 24.5 Å². The lowest BCUT2D eigenvalue weighted by molar-refractivity contribution is 0.199. The van der Waals surface area contributed by atoms with Gasteiger partial charge < -0.3 is 10.0 Å². The zero-order chi connectivity index (χ0) is 17.1. The van der Waals surface area contributed by atoms with Crippen molar-refractivity contribution in [3.63, 3.8) is 0 Å². The molecular formula is C19H21N3O2. The van der Waals surface area contributed by atoms with E-state index in [0.717, 1.165) is 11.3 Å². The minimum Gasteiger partial charge on any atom is -0.392 e. The van der Waals surface area contributed by atoms with Crippen LogP contribution in [0, 0.1) is 6.92 Å². The van der Waals surface area contributed by atoms with E-state index in [1.165, 1.54) is 0 Å². The highest BCUT2D eigenvalue weighted by Crippen LogP contribution is 2.16. The summed E-state index contributed by atoms with van der Waals surface area (Å²) in [5.74, 6) is 0. The second kappa shape index (κ2) is 6.84. The highest BCUT2D eigenvalue weighted by Gasteiger charge is 2.12. The summed E-state index contributed by atoms with van der Waals surface area (Å²) in [4.78, 5) is 19.0. The lowest BCUT2D eigenvalue weighted by Gasteiger charge is -2.26. The Hall–Kier alpha value is -2.66. The molecule has 0 radical (unpaired) electrons. The summed E-state index contributed by atoms with van der Waals surface area (Å²) in [6, 6.07) is 15.2. The van der Waals surface area contributed by atoms with E-state index < -0.39 is 6.10 Å². The molecule has 5 nitrogen and oxygen atoms in total. The minimum atomic E-state index is -0.477. The summed E-state index contributed by atoms with van der Waals surface area (Å²) in [6.07, 6.45) is 1.31. The Morgan fingerprint density at radius 3 is 2.67 bits per heavy atom. The molecule has 3 aromatic rings. The fourth-order valence-electron chi connectivity index (χ4n) is 2.75. The Morgan fingerprint density at radius 2 is 1.96 bits per heavy atom. The van der Waals surface area contributed by atoms with Crippen LogP contribution in [-0.4, -0.2) is 27.1 Å². The second-order valence-corrected chi connectivity index (χ2v) is 6.09. The molecule has 0 aliphatic carbocycles. The molecule has 1 atom stereocenters. The smallest absolute Gasteiger partial charge is 0.258 e. The monoisotopic (exact) mass is 323 g/mol. The molecule has 0 saturated heterocycles. The molecule has 124 valence electrons. The van der Waals surface area contributed by atoms with Crippen LogP contribution in [0.15, 0.2) is 59.5 Å². The molecule has 24 heavy (non-hydrogen) atoms.